The molecule has 4 rings (SSSR count). The topological polar surface area (TPSA) is 73.9 Å². The minimum atomic E-state index is 0.0101. The largest absolute Gasteiger partial charge is 0.491 e. The molecule has 1 aromatic carbocycles. The van der Waals surface area contributed by atoms with Gasteiger partial charge in [-0.2, -0.15) is 10.2 Å². The molecule has 8 heteroatoms. The molecule has 0 aliphatic heterocycles. The van der Waals surface area contributed by atoms with E-state index in [-0.39, 0.29) is 6.04 Å². The van der Waals surface area contributed by atoms with E-state index in [1.807, 2.05) is 83.9 Å². The SMILES string of the molecule is Cc1cc(C)n(CCc2nc(-c3ccc(N(C)C)nc3)nn2C(C)COc2ccccc2)n1. The Balaban J connectivity index is 1.58. The van der Waals surface area contributed by atoms with Crippen molar-refractivity contribution in [2.24, 2.45) is 0 Å². The minimum Gasteiger partial charge on any atom is -0.491 e. The van der Waals surface area contributed by atoms with Crippen LogP contribution in [0.25, 0.3) is 11.4 Å². The molecule has 0 N–H and O–H groups in total. The summed E-state index contributed by atoms with van der Waals surface area (Å²) in [5, 5.41) is 9.44. The lowest BCUT2D eigenvalue weighted by Gasteiger charge is -2.16. The maximum atomic E-state index is 6.00. The molecule has 0 aliphatic carbocycles. The predicted octanol–water partition coefficient (Wildman–Crippen LogP) is 4.10. The third kappa shape index (κ3) is 5.39. The average molecular weight is 446 g/mol. The molecule has 0 saturated heterocycles. The Labute approximate surface area is 194 Å². The van der Waals surface area contributed by atoms with Gasteiger partial charge in [-0.3, -0.25) is 4.68 Å². The standard InChI is InChI=1S/C25H31N7O/c1-18-15-19(2)31(28-18)14-13-24-27-25(21-11-12-23(26-16-21)30(4)5)29-32(24)20(3)17-33-22-9-7-6-8-10-22/h6-12,15-16,20H,13-14,17H2,1-5H3. The van der Waals surface area contributed by atoms with Gasteiger partial charge in [0.1, 0.15) is 24.0 Å². The summed E-state index contributed by atoms with van der Waals surface area (Å²) in [6.07, 6.45) is 2.54. The summed E-state index contributed by atoms with van der Waals surface area (Å²) in [5.74, 6) is 3.31. The Morgan fingerprint density at radius 1 is 1.03 bits per heavy atom. The summed E-state index contributed by atoms with van der Waals surface area (Å²) >= 11 is 0. The highest BCUT2D eigenvalue weighted by Crippen LogP contribution is 2.21. The molecule has 33 heavy (non-hydrogen) atoms. The second-order valence-corrected chi connectivity index (χ2v) is 8.47. The number of pyridine rings is 1. The van der Waals surface area contributed by atoms with Crippen LogP contribution in [0, 0.1) is 13.8 Å². The summed E-state index contributed by atoms with van der Waals surface area (Å²) in [6.45, 7) is 7.42. The molecule has 1 atom stereocenters. The van der Waals surface area contributed by atoms with Crippen LogP contribution >= 0.6 is 0 Å². The van der Waals surface area contributed by atoms with Gasteiger partial charge in [-0.15, -0.1) is 0 Å². The molecular weight excluding hydrogens is 414 g/mol. The Morgan fingerprint density at radius 2 is 1.82 bits per heavy atom. The number of aromatic nitrogens is 6. The van der Waals surface area contributed by atoms with Crippen LogP contribution in [0.5, 0.6) is 5.75 Å². The number of benzene rings is 1. The number of ether oxygens (including phenoxy) is 1. The molecule has 0 spiro atoms. The Hall–Kier alpha value is -3.68. The molecule has 3 heterocycles. The second kappa shape index (κ2) is 9.85. The molecule has 4 aromatic rings. The summed E-state index contributed by atoms with van der Waals surface area (Å²) in [4.78, 5) is 11.4. The van der Waals surface area contributed by atoms with Gasteiger partial charge in [-0.05, 0) is 51.1 Å². The van der Waals surface area contributed by atoms with Crippen molar-refractivity contribution in [3.05, 3.63) is 71.9 Å². The van der Waals surface area contributed by atoms with E-state index in [2.05, 4.69) is 30.0 Å². The van der Waals surface area contributed by atoms with Crippen LogP contribution < -0.4 is 9.64 Å². The monoisotopic (exact) mass is 445 g/mol. The minimum absolute atomic E-state index is 0.0101. The first-order valence-electron chi connectivity index (χ1n) is 11.2. The van der Waals surface area contributed by atoms with Gasteiger partial charge in [0.05, 0.1) is 11.7 Å². The number of anilines is 1. The summed E-state index contributed by atoms with van der Waals surface area (Å²) in [6, 6.07) is 15.9. The molecule has 172 valence electrons. The van der Waals surface area contributed by atoms with Crippen molar-refractivity contribution in [2.45, 2.75) is 39.8 Å². The summed E-state index contributed by atoms with van der Waals surface area (Å²) < 4.78 is 9.99. The fourth-order valence-corrected chi connectivity index (χ4v) is 3.70. The Morgan fingerprint density at radius 3 is 2.45 bits per heavy atom. The van der Waals surface area contributed by atoms with E-state index in [0.717, 1.165) is 40.9 Å². The summed E-state index contributed by atoms with van der Waals surface area (Å²) in [7, 11) is 3.95. The fraction of sp³-hybridized carbons (Fsp3) is 0.360. The maximum Gasteiger partial charge on any atom is 0.182 e. The van der Waals surface area contributed by atoms with E-state index in [0.29, 0.717) is 18.9 Å². The first-order chi connectivity index (χ1) is 15.9. The van der Waals surface area contributed by atoms with Gasteiger partial charge in [0.2, 0.25) is 0 Å². The van der Waals surface area contributed by atoms with Gasteiger partial charge in [-0.1, -0.05) is 18.2 Å². The van der Waals surface area contributed by atoms with Crippen LogP contribution in [0.1, 0.15) is 30.2 Å². The van der Waals surface area contributed by atoms with Crippen LogP contribution in [-0.4, -0.2) is 50.2 Å². The lowest BCUT2D eigenvalue weighted by atomic mass is 10.2. The molecule has 1 unspecified atom stereocenters. The number of hydrogen-bond donors (Lipinski definition) is 0. The lowest BCUT2D eigenvalue weighted by molar-refractivity contribution is 0.247. The predicted molar refractivity (Wildman–Crippen MR) is 130 cm³/mol. The van der Waals surface area contributed by atoms with E-state index in [9.17, 15) is 0 Å². The molecule has 0 fully saturated rings. The van der Waals surface area contributed by atoms with E-state index in [4.69, 9.17) is 14.8 Å². The van der Waals surface area contributed by atoms with Crippen LogP contribution in [0.3, 0.4) is 0 Å². The fourth-order valence-electron chi connectivity index (χ4n) is 3.70. The van der Waals surface area contributed by atoms with Crippen LogP contribution in [-0.2, 0) is 13.0 Å². The highest BCUT2D eigenvalue weighted by molar-refractivity contribution is 5.56. The molecule has 0 bridgehead atoms. The lowest BCUT2D eigenvalue weighted by Crippen LogP contribution is -2.19. The molecule has 0 amide bonds. The third-order valence-electron chi connectivity index (χ3n) is 5.47. The Bertz CT molecular complexity index is 1180. The maximum absolute atomic E-state index is 6.00. The number of para-hydroxylation sites is 1. The van der Waals surface area contributed by atoms with Gasteiger partial charge < -0.3 is 9.64 Å². The first-order valence-corrected chi connectivity index (χ1v) is 11.2. The van der Waals surface area contributed by atoms with Crippen LogP contribution in [0.15, 0.2) is 54.7 Å². The Kier molecular flexibility index (Phi) is 6.72. The molecule has 0 radical (unpaired) electrons. The second-order valence-electron chi connectivity index (χ2n) is 8.47. The normalized spacial score (nSPS) is 12.0. The number of hydrogen-bond acceptors (Lipinski definition) is 6. The van der Waals surface area contributed by atoms with Crippen molar-refractivity contribution < 1.29 is 4.74 Å². The van der Waals surface area contributed by atoms with Crippen molar-refractivity contribution in [2.75, 3.05) is 25.6 Å². The average Bonchev–Trinajstić information content (AvgIpc) is 3.39. The number of rotatable bonds is 9. The van der Waals surface area contributed by atoms with Crippen molar-refractivity contribution in [3.63, 3.8) is 0 Å². The van der Waals surface area contributed by atoms with E-state index >= 15 is 0 Å². The molecule has 0 saturated carbocycles. The van der Waals surface area contributed by atoms with Crippen molar-refractivity contribution >= 4 is 5.82 Å². The van der Waals surface area contributed by atoms with Crippen LogP contribution in [0.2, 0.25) is 0 Å². The van der Waals surface area contributed by atoms with E-state index < -0.39 is 0 Å². The van der Waals surface area contributed by atoms with Gasteiger partial charge >= 0.3 is 0 Å². The first kappa shape index (κ1) is 22.5. The van der Waals surface area contributed by atoms with Gasteiger partial charge in [0.25, 0.3) is 0 Å². The quantitative estimate of drug-likeness (QED) is 0.386. The van der Waals surface area contributed by atoms with Gasteiger partial charge in [0.15, 0.2) is 5.82 Å². The third-order valence-corrected chi connectivity index (χ3v) is 5.47. The van der Waals surface area contributed by atoms with Crippen LogP contribution in [0.4, 0.5) is 5.82 Å². The number of nitrogens with zero attached hydrogens (tertiary/aromatic N) is 7. The van der Waals surface area contributed by atoms with Crippen molar-refractivity contribution in [3.8, 4) is 17.1 Å². The zero-order chi connectivity index (χ0) is 23.4. The van der Waals surface area contributed by atoms with E-state index in [1.165, 1.54) is 0 Å². The molecule has 8 nitrogen and oxygen atoms in total. The van der Waals surface area contributed by atoms with Gasteiger partial charge in [-0.25, -0.2) is 14.6 Å². The van der Waals surface area contributed by atoms with E-state index in [1.54, 1.807) is 0 Å². The highest BCUT2D eigenvalue weighted by Gasteiger charge is 2.18. The molecule has 3 aromatic heterocycles. The summed E-state index contributed by atoms with van der Waals surface area (Å²) in [5.41, 5.74) is 3.05. The van der Waals surface area contributed by atoms with Gasteiger partial charge in [0, 0.05) is 44.5 Å². The smallest absolute Gasteiger partial charge is 0.182 e. The highest BCUT2D eigenvalue weighted by atomic mass is 16.5. The zero-order valence-corrected chi connectivity index (χ0v) is 19.9. The van der Waals surface area contributed by atoms with Crippen molar-refractivity contribution in [1.29, 1.82) is 0 Å². The van der Waals surface area contributed by atoms with Crippen molar-refractivity contribution in [1.82, 2.24) is 29.5 Å². The number of aryl methyl sites for hydroxylation is 4. The molecular formula is C25H31N7O. The zero-order valence-electron chi connectivity index (χ0n) is 19.9. The molecule has 0 aliphatic rings.